The van der Waals surface area contributed by atoms with E-state index in [1.165, 1.54) is 5.56 Å². The number of aromatic nitrogens is 2. The third-order valence-electron chi connectivity index (χ3n) is 14.2. The Morgan fingerprint density at radius 2 is 1.08 bits per heavy atom. The summed E-state index contributed by atoms with van der Waals surface area (Å²) in [5.74, 6) is 0.974. The van der Waals surface area contributed by atoms with E-state index >= 15 is 0 Å². The summed E-state index contributed by atoms with van der Waals surface area (Å²) in [7, 11) is 0. The maximum absolute atomic E-state index is 9.73. The number of benzene rings is 8. The van der Waals surface area contributed by atoms with Crippen LogP contribution in [0.1, 0.15) is 87.2 Å². The maximum atomic E-state index is 9.73. The fraction of sp³-hybridized carbons (Fsp3) is 0.197. The maximum Gasteiger partial charge on any atom is 0.138 e. The van der Waals surface area contributed by atoms with Crippen LogP contribution in [-0.4, -0.2) is 16.2 Å². The van der Waals surface area contributed by atoms with Crippen LogP contribution in [0.15, 0.2) is 188 Å². The highest BCUT2D eigenvalue weighted by Gasteiger charge is 2.33. The van der Waals surface area contributed by atoms with Crippen molar-refractivity contribution in [3.8, 4) is 62.0 Å². The number of hydrogen-bond acceptors (Lipinski definition) is 4. The van der Waals surface area contributed by atoms with Gasteiger partial charge in [-0.25, -0.2) is 4.98 Å². The third-order valence-corrected chi connectivity index (χ3v) is 14.2. The van der Waals surface area contributed by atoms with Gasteiger partial charge in [-0.2, -0.15) is 0 Å². The smallest absolute Gasteiger partial charge is 0.138 e. The molecule has 350 valence electrons. The van der Waals surface area contributed by atoms with Gasteiger partial charge in [0.25, 0.3) is 0 Å². The highest BCUT2D eigenvalue weighted by atomic mass is 16.5. The molecule has 0 amide bonds. The lowest BCUT2D eigenvalue weighted by molar-refractivity contribution is 0.479. The molecule has 2 aliphatic heterocycles. The van der Waals surface area contributed by atoms with Gasteiger partial charge in [-0.05, 0) is 116 Å². The number of pyridine rings is 1. The van der Waals surface area contributed by atoms with Crippen LogP contribution in [-0.2, 0) is 16.2 Å². The van der Waals surface area contributed by atoms with Crippen LogP contribution in [0.5, 0.6) is 11.5 Å². The molecule has 2 aromatic heterocycles. The number of fused-ring (bicyclic) bond motifs is 23. The van der Waals surface area contributed by atoms with Crippen molar-refractivity contribution in [3.63, 3.8) is 0 Å². The quantitative estimate of drug-likeness (QED) is 0.164. The van der Waals surface area contributed by atoms with Crippen molar-refractivity contribution in [2.75, 3.05) is 16.5 Å². The Bertz CT molecular complexity index is 4100. The van der Waals surface area contributed by atoms with Crippen molar-refractivity contribution >= 4 is 44.6 Å². The molecule has 8 aromatic carbocycles. The third kappa shape index (κ3) is 7.76. The van der Waals surface area contributed by atoms with Crippen molar-refractivity contribution in [3.05, 3.63) is 205 Å². The van der Waals surface area contributed by atoms with Gasteiger partial charge in [0.05, 0.1) is 42.0 Å². The summed E-state index contributed by atoms with van der Waals surface area (Å²) in [4.78, 5) is 10.2. The lowest BCUT2D eigenvalue weighted by Crippen LogP contribution is -2.25. The highest BCUT2D eigenvalue weighted by Crippen LogP contribution is 2.52. The topological polar surface area (TPSA) is 33.5 Å². The van der Waals surface area contributed by atoms with E-state index in [0.29, 0.717) is 29.4 Å². The van der Waals surface area contributed by atoms with E-state index < -0.39 is 17.5 Å². The van der Waals surface area contributed by atoms with E-state index in [1.54, 1.807) is 10.6 Å². The first-order valence-electron chi connectivity index (χ1n) is 27.6. The van der Waals surface area contributed by atoms with Crippen LogP contribution < -0.4 is 14.5 Å². The first-order chi connectivity index (χ1) is 36.6. The Labute approximate surface area is 427 Å². The Morgan fingerprint density at radius 3 is 1.86 bits per heavy atom. The van der Waals surface area contributed by atoms with E-state index in [1.807, 2.05) is 18.2 Å². The molecular weight excluding hydrogens is 865 g/mol. The number of ether oxygens (including phenoxy) is 1. The van der Waals surface area contributed by atoms with Crippen LogP contribution >= 0.6 is 0 Å². The minimum absolute atomic E-state index is 0.0814. The zero-order chi connectivity index (χ0) is 54.2. The number of nitrogens with zero attached hydrogens (tertiary/aromatic N) is 4. The van der Waals surface area contributed by atoms with Crippen LogP contribution in [0.25, 0.3) is 72.3 Å². The summed E-state index contributed by atoms with van der Waals surface area (Å²) in [6.45, 7) is 20.1. The van der Waals surface area contributed by atoms with Gasteiger partial charge in [0.15, 0.2) is 0 Å². The molecule has 71 heavy (non-hydrogen) atoms. The number of hydrogen-bond donors (Lipinski definition) is 0. The first-order valence-corrected chi connectivity index (χ1v) is 24.6. The standard InChI is InChI=1S/C66H60N4O/c1-64(2,3)45-22-17-20-43(34-45)52-26-18-27-56-53-24-11-10-23-51(53)42-19-16-21-44(33-42)57-37-47(66(7,8)9)38-62(67-57)70-58-28-13-12-25-54(58)55-32-31-49(40-61(55)70)71-50-36-46(65(4,5)6)35-48(39-50)68-41-69(63(52)56)60-30-15-14-29-59(60)68/h10-40H,41H2,1-9H3/i12D,13D,25D,28D,31D,32D. The average molecular weight is 931 g/mol. The van der Waals surface area contributed by atoms with Crippen molar-refractivity contribution < 1.29 is 13.0 Å². The fourth-order valence-corrected chi connectivity index (χ4v) is 10.3. The molecule has 2 aliphatic rings. The molecule has 0 aliphatic carbocycles. The van der Waals surface area contributed by atoms with E-state index in [-0.39, 0.29) is 57.0 Å². The van der Waals surface area contributed by atoms with Gasteiger partial charge in [-0.3, -0.25) is 4.57 Å². The zero-order valence-corrected chi connectivity index (χ0v) is 41.8. The highest BCUT2D eigenvalue weighted by molar-refractivity contribution is 6.09. The summed E-state index contributed by atoms with van der Waals surface area (Å²) in [5, 5.41) is 0.362. The predicted molar refractivity (Wildman–Crippen MR) is 299 cm³/mol. The largest absolute Gasteiger partial charge is 0.457 e. The van der Waals surface area contributed by atoms with Gasteiger partial charge in [0.1, 0.15) is 24.0 Å². The summed E-state index contributed by atoms with van der Waals surface area (Å²) < 4.78 is 64.6. The Morgan fingerprint density at radius 1 is 0.465 bits per heavy atom. The van der Waals surface area contributed by atoms with Gasteiger partial charge >= 0.3 is 0 Å². The average Bonchev–Trinajstić information content (AvgIpc) is 4.05. The second-order valence-corrected chi connectivity index (χ2v) is 22.1. The predicted octanol–water partition coefficient (Wildman–Crippen LogP) is 18.1. The second-order valence-electron chi connectivity index (χ2n) is 22.1. The molecule has 10 bridgehead atoms. The van der Waals surface area contributed by atoms with Crippen molar-refractivity contribution in [2.45, 2.75) is 78.6 Å². The molecule has 0 saturated carbocycles. The molecule has 0 saturated heterocycles. The minimum Gasteiger partial charge on any atom is -0.457 e. The molecule has 0 fully saturated rings. The molecular formula is C66H60N4O. The van der Waals surface area contributed by atoms with Gasteiger partial charge in [-0.15, -0.1) is 0 Å². The molecule has 0 spiro atoms. The van der Waals surface area contributed by atoms with Crippen LogP contribution in [0.2, 0.25) is 0 Å². The molecule has 0 unspecified atom stereocenters. The van der Waals surface area contributed by atoms with Crippen molar-refractivity contribution in [2.24, 2.45) is 0 Å². The van der Waals surface area contributed by atoms with E-state index in [2.05, 4.69) is 200 Å². The molecule has 0 N–H and O–H groups in total. The van der Waals surface area contributed by atoms with E-state index in [9.17, 15) is 5.48 Å². The molecule has 5 heteroatoms. The SMILES string of the molecule is [2H]c1c2cc3c(c1[2H])c1c([2H])c([2H])c([2H])c([2H])c1n3-c1cc(C(C)(C)C)cc(n1)-c1cccc(c1)-c1ccccc1-c1cccc(-c3cccc(C(C)(C)C)c3)c1N1CN(c3cc(cc(C(C)(C)C)c3)O2)c2ccccc21. The molecule has 4 heterocycles. The summed E-state index contributed by atoms with van der Waals surface area (Å²) in [6.07, 6.45) is 0. The summed E-state index contributed by atoms with van der Waals surface area (Å²) >= 11 is 0. The van der Waals surface area contributed by atoms with Gasteiger partial charge in [0.2, 0.25) is 0 Å². The Balaban J connectivity index is 1.21. The minimum atomic E-state index is -0.419. The van der Waals surface area contributed by atoms with Crippen LogP contribution in [0.3, 0.4) is 0 Å². The van der Waals surface area contributed by atoms with Crippen LogP contribution in [0.4, 0.5) is 22.7 Å². The number of anilines is 4. The lowest BCUT2D eigenvalue weighted by atomic mass is 9.84. The van der Waals surface area contributed by atoms with Gasteiger partial charge in [0, 0.05) is 45.3 Å². The normalized spacial score (nSPS) is 14.6. The fourth-order valence-electron chi connectivity index (χ4n) is 10.3. The number of rotatable bonds is 1. The van der Waals surface area contributed by atoms with E-state index in [4.69, 9.17) is 12.5 Å². The summed E-state index contributed by atoms with van der Waals surface area (Å²) in [5.41, 5.74) is 14.8. The monoisotopic (exact) mass is 931 g/mol. The first kappa shape index (κ1) is 37.9. The molecule has 12 rings (SSSR count). The van der Waals surface area contributed by atoms with Gasteiger partial charge in [-0.1, -0.05) is 178 Å². The van der Waals surface area contributed by atoms with Gasteiger partial charge < -0.3 is 14.5 Å². The lowest BCUT2D eigenvalue weighted by Gasteiger charge is -2.29. The van der Waals surface area contributed by atoms with Crippen molar-refractivity contribution in [1.29, 1.82) is 0 Å². The van der Waals surface area contributed by atoms with Crippen molar-refractivity contribution in [1.82, 2.24) is 9.55 Å². The zero-order valence-electron chi connectivity index (χ0n) is 47.8. The summed E-state index contributed by atoms with van der Waals surface area (Å²) in [6, 6.07) is 51.4. The molecule has 0 radical (unpaired) electrons. The molecule has 5 nitrogen and oxygen atoms in total. The van der Waals surface area contributed by atoms with Crippen LogP contribution in [0, 0.1) is 0 Å². The molecule has 10 aromatic rings. The number of para-hydroxylation sites is 4. The van der Waals surface area contributed by atoms with E-state index in [0.717, 1.165) is 72.8 Å². The molecule has 0 atom stereocenters. The second kappa shape index (κ2) is 16.3. The Hall–Kier alpha value is -7.89. The Kier molecular flexibility index (Phi) is 8.74.